The first-order valence-electron chi connectivity index (χ1n) is 6.38. The molecule has 0 saturated carbocycles. The van der Waals surface area contributed by atoms with Gasteiger partial charge in [0.15, 0.2) is 0 Å². The van der Waals surface area contributed by atoms with E-state index in [4.69, 9.17) is 16.3 Å². The number of halogens is 2. The van der Waals surface area contributed by atoms with Crippen LogP contribution in [-0.4, -0.2) is 13.1 Å². The van der Waals surface area contributed by atoms with Gasteiger partial charge in [0.2, 0.25) is 0 Å². The van der Waals surface area contributed by atoms with E-state index in [2.05, 4.69) is 21.2 Å². The molecule has 2 aromatic rings. The minimum Gasteiger partial charge on any atom is -0.465 e. The van der Waals surface area contributed by atoms with Gasteiger partial charge in [-0.3, -0.25) is 0 Å². The molecule has 0 aliphatic heterocycles. The second-order valence-corrected chi connectivity index (χ2v) is 5.95. The molecule has 110 valence electrons. The van der Waals surface area contributed by atoms with Crippen molar-refractivity contribution in [3.63, 3.8) is 0 Å². The minimum atomic E-state index is -0.360. The number of hydrogen-bond donors (Lipinski definition) is 1. The number of ether oxygens (including phenoxy) is 1. The van der Waals surface area contributed by atoms with Crippen LogP contribution in [0.3, 0.4) is 0 Å². The highest BCUT2D eigenvalue weighted by molar-refractivity contribution is 9.10. The van der Waals surface area contributed by atoms with Gasteiger partial charge >= 0.3 is 5.97 Å². The molecule has 1 N–H and O–H groups in total. The van der Waals surface area contributed by atoms with E-state index in [9.17, 15) is 4.79 Å². The Morgan fingerprint density at radius 3 is 2.76 bits per heavy atom. The first-order chi connectivity index (χ1) is 10.0. The third kappa shape index (κ3) is 3.99. The van der Waals surface area contributed by atoms with Crippen molar-refractivity contribution in [1.29, 1.82) is 0 Å². The Bertz CT molecular complexity index is 673. The third-order valence-electron chi connectivity index (χ3n) is 3.06. The quantitative estimate of drug-likeness (QED) is 0.787. The maximum absolute atomic E-state index is 11.8. The van der Waals surface area contributed by atoms with Crippen molar-refractivity contribution in [1.82, 2.24) is 0 Å². The Hall–Kier alpha value is -1.52. The molecule has 0 saturated heterocycles. The third-order valence-corrected chi connectivity index (χ3v) is 3.92. The second-order valence-electron chi connectivity index (χ2n) is 4.63. The van der Waals surface area contributed by atoms with Gasteiger partial charge in [-0.25, -0.2) is 4.79 Å². The summed E-state index contributed by atoms with van der Waals surface area (Å²) in [7, 11) is 1.37. The molecule has 0 radical (unpaired) electrons. The lowest BCUT2D eigenvalue weighted by molar-refractivity contribution is 0.0601. The van der Waals surface area contributed by atoms with Crippen LogP contribution in [0.1, 0.15) is 21.5 Å². The average Bonchev–Trinajstić information content (AvgIpc) is 2.48. The number of aryl methyl sites for hydroxylation is 1. The number of rotatable bonds is 4. The van der Waals surface area contributed by atoms with Crippen LogP contribution in [-0.2, 0) is 11.3 Å². The van der Waals surface area contributed by atoms with E-state index in [1.165, 1.54) is 7.11 Å². The largest absolute Gasteiger partial charge is 0.465 e. The van der Waals surface area contributed by atoms with Gasteiger partial charge in [-0.1, -0.05) is 39.2 Å². The zero-order valence-corrected chi connectivity index (χ0v) is 14.1. The predicted molar refractivity (Wildman–Crippen MR) is 89.0 cm³/mol. The van der Waals surface area contributed by atoms with Gasteiger partial charge in [0.1, 0.15) is 0 Å². The summed E-state index contributed by atoms with van der Waals surface area (Å²) < 4.78 is 5.77. The van der Waals surface area contributed by atoms with E-state index >= 15 is 0 Å². The molecule has 0 heterocycles. The molecule has 0 aromatic heterocycles. The van der Waals surface area contributed by atoms with Gasteiger partial charge in [-0.2, -0.15) is 0 Å². The van der Waals surface area contributed by atoms with Crippen molar-refractivity contribution in [3.05, 3.63) is 62.6 Å². The molecule has 0 atom stereocenters. The molecule has 0 fully saturated rings. The zero-order chi connectivity index (χ0) is 15.4. The maximum atomic E-state index is 11.8. The van der Waals surface area contributed by atoms with E-state index in [0.29, 0.717) is 17.1 Å². The minimum absolute atomic E-state index is 0.360. The van der Waals surface area contributed by atoms with Gasteiger partial charge in [0, 0.05) is 21.7 Å². The molecular formula is C16H15BrClNO2. The van der Waals surface area contributed by atoms with Gasteiger partial charge in [0.25, 0.3) is 0 Å². The summed E-state index contributed by atoms with van der Waals surface area (Å²) in [5, 5.41) is 3.91. The molecule has 0 aliphatic carbocycles. The number of carbonyl (C=O) groups is 1. The predicted octanol–water partition coefficient (Wildman–Crippen LogP) is 4.81. The summed E-state index contributed by atoms with van der Waals surface area (Å²) in [6, 6.07) is 11.3. The normalized spacial score (nSPS) is 10.3. The Kier molecular flexibility index (Phi) is 5.26. The van der Waals surface area contributed by atoms with Gasteiger partial charge in [-0.15, -0.1) is 0 Å². The van der Waals surface area contributed by atoms with E-state index in [-0.39, 0.29) is 5.97 Å². The van der Waals surface area contributed by atoms with Crippen LogP contribution in [0, 0.1) is 6.92 Å². The molecule has 3 nitrogen and oxygen atoms in total. The van der Waals surface area contributed by atoms with Crippen molar-refractivity contribution in [2.24, 2.45) is 0 Å². The summed E-state index contributed by atoms with van der Waals surface area (Å²) in [5.41, 5.74) is 3.19. The highest BCUT2D eigenvalue weighted by Crippen LogP contribution is 2.24. The van der Waals surface area contributed by atoms with E-state index in [0.717, 1.165) is 21.3 Å². The SMILES string of the molecule is COC(=O)c1cc(C)ccc1NCc1cc(Br)ccc1Cl. The Balaban J connectivity index is 2.24. The Morgan fingerprint density at radius 1 is 1.29 bits per heavy atom. The molecule has 0 amide bonds. The highest BCUT2D eigenvalue weighted by Gasteiger charge is 2.12. The monoisotopic (exact) mass is 367 g/mol. The van der Waals surface area contributed by atoms with Crippen LogP contribution < -0.4 is 5.32 Å². The highest BCUT2D eigenvalue weighted by atomic mass is 79.9. The Morgan fingerprint density at radius 2 is 2.05 bits per heavy atom. The standard InChI is InChI=1S/C16H15BrClNO2/c1-10-3-6-15(13(7-10)16(20)21-2)19-9-11-8-12(17)4-5-14(11)18/h3-8,19H,9H2,1-2H3. The fourth-order valence-electron chi connectivity index (χ4n) is 1.96. The summed E-state index contributed by atoms with van der Waals surface area (Å²) in [6.07, 6.45) is 0. The summed E-state index contributed by atoms with van der Waals surface area (Å²) in [4.78, 5) is 11.8. The van der Waals surface area contributed by atoms with Crippen molar-refractivity contribution >= 4 is 39.2 Å². The van der Waals surface area contributed by atoms with Gasteiger partial charge in [-0.05, 0) is 42.8 Å². The summed E-state index contributed by atoms with van der Waals surface area (Å²) in [5.74, 6) is -0.360. The molecule has 5 heteroatoms. The zero-order valence-electron chi connectivity index (χ0n) is 11.7. The van der Waals surface area contributed by atoms with Crippen LogP contribution >= 0.6 is 27.5 Å². The van der Waals surface area contributed by atoms with E-state index < -0.39 is 0 Å². The van der Waals surface area contributed by atoms with E-state index in [1.807, 2.05) is 37.3 Å². The topological polar surface area (TPSA) is 38.3 Å². The van der Waals surface area contributed by atoms with Gasteiger partial charge in [0.05, 0.1) is 12.7 Å². The van der Waals surface area contributed by atoms with Crippen molar-refractivity contribution in [2.45, 2.75) is 13.5 Å². The number of methoxy groups -OCH3 is 1. The molecule has 0 spiro atoms. The number of esters is 1. The number of hydrogen-bond acceptors (Lipinski definition) is 3. The fourth-order valence-corrected chi connectivity index (χ4v) is 2.55. The number of nitrogens with one attached hydrogen (secondary N) is 1. The molecule has 0 bridgehead atoms. The van der Waals surface area contributed by atoms with Crippen molar-refractivity contribution in [2.75, 3.05) is 12.4 Å². The fraction of sp³-hybridized carbons (Fsp3) is 0.188. The average molecular weight is 369 g/mol. The molecular weight excluding hydrogens is 354 g/mol. The van der Waals surface area contributed by atoms with Crippen LogP contribution in [0.4, 0.5) is 5.69 Å². The maximum Gasteiger partial charge on any atom is 0.339 e. The number of carbonyl (C=O) groups excluding carboxylic acids is 1. The van der Waals surface area contributed by atoms with Crippen LogP contribution in [0.2, 0.25) is 5.02 Å². The first kappa shape index (κ1) is 15.9. The molecule has 2 rings (SSSR count). The van der Waals surface area contributed by atoms with Crippen LogP contribution in [0.15, 0.2) is 40.9 Å². The lowest BCUT2D eigenvalue weighted by Crippen LogP contribution is -2.09. The van der Waals surface area contributed by atoms with Gasteiger partial charge < -0.3 is 10.1 Å². The molecule has 2 aromatic carbocycles. The van der Waals surface area contributed by atoms with E-state index in [1.54, 1.807) is 6.07 Å². The molecule has 0 aliphatic rings. The molecule has 0 unspecified atom stereocenters. The lowest BCUT2D eigenvalue weighted by atomic mass is 10.1. The molecule has 21 heavy (non-hydrogen) atoms. The first-order valence-corrected chi connectivity index (χ1v) is 7.55. The van der Waals surface area contributed by atoms with Crippen LogP contribution in [0.5, 0.6) is 0 Å². The lowest BCUT2D eigenvalue weighted by Gasteiger charge is -2.12. The second kappa shape index (κ2) is 6.96. The number of benzene rings is 2. The number of anilines is 1. The van der Waals surface area contributed by atoms with Crippen molar-refractivity contribution in [3.8, 4) is 0 Å². The smallest absolute Gasteiger partial charge is 0.339 e. The van der Waals surface area contributed by atoms with Crippen LogP contribution in [0.25, 0.3) is 0 Å². The Labute approximate surface area is 137 Å². The summed E-state index contributed by atoms with van der Waals surface area (Å²) in [6.45, 7) is 2.45. The summed E-state index contributed by atoms with van der Waals surface area (Å²) >= 11 is 9.59. The van der Waals surface area contributed by atoms with Crippen molar-refractivity contribution < 1.29 is 9.53 Å².